The van der Waals surface area contributed by atoms with Crippen LogP contribution in [0.4, 0.5) is 0 Å². The van der Waals surface area contributed by atoms with Crippen molar-refractivity contribution in [3.8, 4) is 0 Å². The molecule has 10 heavy (non-hydrogen) atoms. The van der Waals surface area contributed by atoms with Crippen LogP contribution in [0, 0.1) is 0 Å². The fraction of sp³-hybridized carbons (Fsp3) is 1.00. The molecule has 1 unspecified atom stereocenters. The van der Waals surface area contributed by atoms with Crippen molar-refractivity contribution in [3.05, 3.63) is 0 Å². The molecule has 0 bridgehead atoms. The second kappa shape index (κ2) is 5.36. The molecule has 0 aliphatic rings. The second-order valence-electron chi connectivity index (χ2n) is 2.08. The Labute approximate surface area is 67.6 Å². The maximum Gasteiger partial charge on any atom is 0.329 e. The van der Waals surface area contributed by atoms with Gasteiger partial charge in [0, 0.05) is 6.26 Å². The highest BCUT2D eigenvalue weighted by atomic mass is 32.7. The summed E-state index contributed by atoms with van der Waals surface area (Å²) in [7, 11) is 1.58. The number of hydrogen-bond acceptors (Lipinski definition) is 3. The molecule has 0 aliphatic heterocycles. The van der Waals surface area contributed by atoms with E-state index in [0.29, 0.717) is 0 Å². The van der Waals surface area contributed by atoms with E-state index >= 15 is 0 Å². The Balaban J connectivity index is 3.58. The minimum absolute atomic E-state index is 0.821. The summed E-state index contributed by atoms with van der Waals surface area (Å²) < 4.78 is 5.02. The van der Waals surface area contributed by atoms with Crippen LogP contribution in [-0.4, -0.2) is 24.4 Å². The molecule has 0 saturated heterocycles. The van der Waals surface area contributed by atoms with Gasteiger partial charge in [-0.1, -0.05) is 13.3 Å². The Kier molecular flexibility index (Phi) is 5.74. The van der Waals surface area contributed by atoms with Crippen LogP contribution in [0.15, 0.2) is 0 Å². The highest BCUT2D eigenvalue weighted by molar-refractivity contribution is 8.58. The van der Waals surface area contributed by atoms with E-state index in [2.05, 4.69) is 6.92 Å². The first-order valence-electron chi connectivity index (χ1n) is 3.40. The SMILES string of the molecule is CCCC[P+](O)(OC)SC. The summed E-state index contributed by atoms with van der Waals surface area (Å²) in [5, 5.41) is 0. The van der Waals surface area contributed by atoms with E-state index in [0.717, 1.165) is 19.0 Å². The van der Waals surface area contributed by atoms with E-state index in [1.165, 1.54) is 11.4 Å². The summed E-state index contributed by atoms with van der Waals surface area (Å²) in [6, 6.07) is 0. The first kappa shape index (κ1) is 10.7. The zero-order valence-electron chi connectivity index (χ0n) is 6.83. The lowest BCUT2D eigenvalue weighted by Crippen LogP contribution is -1.94. The van der Waals surface area contributed by atoms with Crippen LogP contribution in [0.5, 0.6) is 0 Å². The standard InChI is InChI=1S/C6H16O2PS/c1-4-5-6-9(7,8-2)10-3/h7H,4-6H2,1-3H3/q+1. The van der Waals surface area contributed by atoms with Crippen LogP contribution in [0.25, 0.3) is 0 Å². The van der Waals surface area contributed by atoms with Crippen molar-refractivity contribution in [2.75, 3.05) is 19.5 Å². The van der Waals surface area contributed by atoms with Crippen molar-refractivity contribution in [1.82, 2.24) is 0 Å². The average Bonchev–Trinajstić information content (AvgIpc) is 2.00. The molecule has 62 valence electrons. The zero-order chi connectivity index (χ0) is 8.04. The predicted molar refractivity (Wildman–Crippen MR) is 49.4 cm³/mol. The van der Waals surface area contributed by atoms with Crippen LogP contribution < -0.4 is 0 Å². The molecular weight excluding hydrogens is 167 g/mol. The Morgan fingerprint density at radius 1 is 1.60 bits per heavy atom. The minimum atomic E-state index is -2.03. The van der Waals surface area contributed by atoms with E-state index in [1.54, 1.807) is 7.11 Å². The maximum absolute atomic E-state index is 9.61. The Morgan fingerprint density at radius 2 is 2.20 bits per heavy atom. The molecule has 0 fully saturated rings. The van der Waals surface area contributed by atoms with Crippen LogP contribution in [-0.2, 0) is 4.52 Å². The van der Waals surface area contributed by atoms with Crippen LogP contribution >= 0.6 is 18.3 Å². The number of hydrogen-bond donors (Lipinski definition) is 1. The summed E-state index contributed by atoms with van der Waals surface area (Å²) in [6.45, 7) is 0.0804. The lowest BCUT2D eigenvalue weighted by Gasteiger charge is -2.11. The highest BCUT2D eigenvalue weighted by Gasteiger charge is 2.34. The van der Waals surface area contributed by atoms with Crippen LogP contribution in [0.1, 0.15) is 19.8 Å². The highest BCUT2D eigenvalue weighted by Crippen LogP contribution is 2.65. The Bertz CT molecular complexity index is 85.8. The van der Waals surface area contributed by atoms with Crippen LogP contribution in [0.2, 0.25) is 0 Å². The molecule has 4 heteroatoms. The molecule has 0 saturated carbocycles. The van der Waals surface area contributed by atoms with Gasteiger partial charge in [0.1, 0.15) is 6.16 Å². The third kappa shape index (κ3) is 3.77. The van der Waals surface area contributed by atoms with Gasteiger partial charge in [-0.05, 0) is 6.42 Å². The summed E-state index contributed by atoms with van der Waals surface area (Å²) in [5.74, 6) is 0. The van der Waals surface area contributed by atoms with Crippen LogP contribution in [0.3, 0.4) is 0 Å². The van der Waals surface area contributed by atoms with Gasteiger partial charge >= 0.3 is 6.92 Å². The van der Waals surface area contributed by atoms with Crippen molar-refractivity contribution in [2.24, 2.45) is 0 Å². The fourth-order valence-electron chi connectivity index (χ4n) is 0.615. The summed E-state index contributed by atoms with van der Waals surface area (Å²) in [5.41, 5.74) is 0. The molecular formula is C6H16O2PS+. The number of unbranched alkanes of at least 4 members (excludes halogenated alkanes) is 1. The monoisotopic (exact) mass is 183 g/mol. The molecule has 2 nitrogen and oxygen atoms in total. The van der Waals surface area contributed by atoms with Gasteiger partial charge in [0.05, 0.1) is 18.5 Å². The third-order valence-corrected chi connectivity index (χ3v) is 6.09. The lowest BCUT2D eigenvalue weighted by molar-refractivity contribution is 0.382. The van der Waals surface area contributed by atoms with Gasteiger partial charge in [-0.2, -0.15) is 4.52 Å². The summed E-state index contributed by atoms with van der Waals surface area (Å²) in [4.78, 5) is 9.61. The summed E-state index contributed by atoms with van der Waals surface area (Å²) >= 11 is 1.46. The molecule has 0 spiro atoms. The zero-order valence-corrected chi connectivity index (χ0v) is 8.54. The molecule has 0 aromatic rings. The van der Waals surface area contributed by atoms with E-state index in [1.807, 2.05) is 6.26 Å². The molecule has 1 N–H and O–H groups in total. The minimum Gasteiger partial charge on any atom is -0.208 e. The molecule has 1 atom stereocenters. The Hall–Kier alpha value is 0.700. The fourth-order valence-corrected chi connectivity index (χ4v) is 3.23. The van der Waals surface area contributed by atoms with Crippen molar-refractivity contribution in [2.45, 2.75) is 19.8 Å². The average molecular weight is 183 g/mol. The molecule has 0 aromatic carbocycles. The Morgan fingerprint density at radius 3 is 2.50 bits per heavy atom. The molecule has 0 aromatic heterocycles. The molecule has 0 aliphatic carbocycles. The second-order valence-corrected chi connectivity index (χ2v) is 7.34. The summed E-state index contributed by atoms with van der Waals surface area (Å²) in [6.07, 6.45) is 4.89. The first-order valence-corrected chi connectivity index (χ1v) is 7.08. The van der Waals surface area contributed by atoms with E-state index < -0.39 is 6.92 Å². The van der Waals surface area contributed by atoms with E-state index in [4.69, 9.17) is 4.52 Å². The van der Waals surface area contributed by atoms with Gasteiger partial charge in [-0.15, -0.1) is 0 Å². The molecule has 0 amide bonds. The van der Waals surface area contributed by atoms with Crippen molar-refractivity contribution < 1.29 is 9.42 Å². The molecule has 0 radical (unpaired) electrons. The van der Waals surface area contributed by atoms with Gasteiger partial charge in [0.2, 0.25) is 0 Å². The van der Waals surface area contributed by atoms with Gasteiger partial charge < -0.3 is 0 Å². The third-order valence-electron chi connectivity index (χ3n) is 1.36. The quantitative estimate of drug-likeness (QED) is 0.664. The maximum atomic E-state index is 9.61. The van der Waals surface area contributed by atoms with Crippen molar-refractivity contribution in [3.63, 3.8) is 0 Å². The lowest BCUT2D eigenvalue weighted by atomic mass is 10.4. The van der Waals surface area contributed by atoms with E-state index in [-0.39, 0.29) is 0 Å². The van der Waals surface area contributed by atoms with Crippen molar-refractivity contribution >= 4 is 18.3 Å². The first-order chi connectivity index (χ1) is 4.68. The van der Waals surface area contributed by atoms with Gasteiger partial charge in [0.25, 0.3) is 0 Å². The normalized spacial score (nSPS) is 16.8. The predicted octanol–water partition coefficient (Wildman–Crippen LogP) is 2.55. The van der Waals surface area contributed by atoms with Gasteiger partial charge in [-0.3, -0.25) is 0 Å². The van der Waals surface area contributed by atoms with Gasteiger partial charge in [0.15, 0.2) is 0 Å². The van der Waals surface area contributed by atoms with Gasteiger partial charge in [-0.25, -0.2) is 4.89 Å². The van der Waals surface area contributed by atoms with Crippen molar-refractivity contribution in [1.29, 1.82) is 0 Å². The van der Waals surface area contributed by atoms with E-state index in [9.17, 15) is 4.89 Å². The molecule has 0 heterocycles. The number of rotatable bonds is 5. The smallest absolute Gasteiger partial charge is 0.208 e. The topological polar surface area (TPSA) is 29.5 Å². The largest absolute Gasteiger partial charge is 0.329 e. The molecule has 0 rings (SSSR count).